The Morgan fingerprint density at radius 1 is 1.19 bits per heavy atom. The molecule has 0 spiro atoms. The molecule has 0 amide bonds. The molecule has 0 saturated carbocycles. The van der Waals surface area contributed by atoms with Gasteiger partial charge < -0.3 is 5.11 Å². The second-order valence-corrected chi connectivity index (χ2v) is 3.64. The van der Waals surface area contributed by atoms with E-state index in [-0.39, 0.29) is 17.2 Å². The number of hydrogen-bond acceptors (Lipinski definition) is 3. The summed E-state index contributed by atoms with van der Waals surface area (Å²) < 4.78 is 0. The summed E-state index contributed by atoms with van der Waals surface area (Å²) in [5, 5.41) is 10.0. The molecule has 4 heteroatoms. The maximum absolute atomic E-state index is 11.9. The topological polar surface area (TPSA) is 50.2 Å². The van der Waals surface area contributed by atoms with Crippen LogP contribution >= 0.6 is 11.6 Å². The SMILES string of the molecule is O=C(c1ccc(Cl)cc1)c1ncccc1O. The summed E-state index contributed by atoms with van der Waals surface area (Å²) in [5.41, 5.74) is 0.489. The minimum Gasteiger partial charge on any atom is -0.506 e. The average molecular weight is 234 g/mol. The largest absolute Gasteiger partial charge is 0.506 e. The van der Waals surface area contributed by atoms with Crippen molar-refractivity contribution in [1.29, 1.82) is 0 Å². The standard InChI is InChI=1S/C12H8ClNO2/c13-9-5-3-8(4-6-9)12(16)11-10(15)2-1-7-14-11/h1-7,15H. The minimum absolute atomic E-state index is 0.0461. The van der Waals surface area contributed by atoms with Crippen LogP contribution in [0.15, 0.2) is 42.6 Å². The molecule has 3 nitrogen and oxygen atoms in total. The van der Waals surface area contributed by atoms with Gasteiger partial charge in [-0.15, -0.1) is 0 Å². The van der Waals surface area contributed by atoms with Gasteiger partial charge in [0.25, 0.3) is 0 Å². The molecule has 16 heavy (non-hydrogen) atoms. The Bertz CT molecular complexity index is 523. The van der Waals surface area contributed by atoms with Crippen LogP contribution in [0.2, 0.25) is 5.02 Å². The first kappa shape index (κ1) is 10.6. The van der Waals surface area contributed by atoms with Crippen molar-refractivity contribution < 1.29 is 9.90 Å². The molecular formula is C12H8ClNO2. The van der Waals surface area contributed by atoms with Crippen molar-refractivity contribution in [2.45, 2.75) is 0 Å². The lowest BCUT2D eigenvalue weighted by Crippen LogP contribution is -2.03. The average Bonchev–Trinajstić information content (AvgIpc) is 2.30. The first-order valence-electron chi connectivity index (χ1n) is 4.63. The second kappa shape index (κ2) is 4.33. The lowest BCUT2D eigenvalue weighted by molar-refractivity contribution is 0.103. The van der Waals surface area contributed by atoms with Gasteiger partial charge >= 0.3 is 0 Å². The van der Waals surface area contributed by atoms with E-state index in [0.717, 1.165) is 0 Å². The van der Waals surface area contributed by atoms with E-state index in [0.29, 0.717) is 10.6 Å². The van der Waals surface area contributed by atoms with Crippen LogP contribution in [0.4, 0.5) is 0 Å². The van der Waals surface area contributed by atoms with Crippen molar-refractivity contribution in [2.75, 3.05) is 0 Å². The van der Waals surface area contributed by atoms with Gasteiger partial charge in [0.05, 0.1) is 0 Å². The van der Waals surface area contributed by atoms with Crippen molar-refractivity contribution >= 4 is 17.4 Å². The van der Waals surface area contributed by atoms with Gasteiger partial charge in [-0.25, -0.2) is 4.98 Å². The predicted octanol–water partition coefficient (Wildman–Crippen LogP) is 2.67. The van der Waals surface area contributed by atoms with E-state index in [4.69, 9.17) is 11.6 Å². The zero-order valence-corrected chi connectivity index (χ0v) is 8.98. The molecule has 2 aromatic rings. The fourth-order valence-electron chi connectivity index (χ4n) is 1.31. The Labute approximate surface area is 97.3 Å². The zero-order chi connectivity index (χ0) is 11.5. The molecule has 0 atom stereocenters. The molecule has 0 saturated heterocycles. The number of ketones is 1. The number of nitrogens with zero attached hydrogens (tertiary/aromatic N) is 1. The van der Waals surface area contributed by atoms with Crippen LogP contribution in [0.25, 0.3) is 0 Å². The highest BCUT2D eigenvalue weighted by Gasteiger charge is 2.14. The molecule has 80 valence electrons. The van der Waals surface area contributed by atoms with Gasteiger partial charge in [0.1, 0.15) is 5.75 Å². The van der Waals surface area contributed by atoms with Gasteiger partial charge in [-0.2, -0.15) is 0 Å². The van der Waals surface area contributed by atoms with Gasteiger partial charge in [-0.1, -0.05) is 11.6 Å². The second-order valence-electron chi connectivity index (χ2n) is 3.21. The number of pyridine rings is 1. The number of aromatic nitrogens is 1. The Morgan fingerprint density at radius 2 is 1.88 bits per heavy atom. The third-order valence-electron chi connectivity index (χ3n) is 2.11. The van der Waals surface area contributed by atoms with E-state index in [1.165, 1.54) is 12.3 Å². The van der Waals surface area contributed by atoms with E-state index < -0.39 is 0 Å². The van der Waals surface area contributed by atoms with Crippen LogP contribution in [0.1, 0.15) is 16.1 Å². The summed E-state index contributed by atoms with van der Waals surface area (Å²) in [4.78, 5) is 15.8. The van der Waals surface area contributed by atoms with E-state index >= 15 is 0 Å². The molecule has 1 heterocycles. The van der Waals surface area contributed by atoms with Gasteiger partial charge in [0.2, 0.25) is 5.78 Å². The van der Waals surface area contributed by atoms with Crippen LogP contribution in [-0.4, -0.2) is 15.9 Å². The van der Waals surface area contributed by atoms with Crippen molar-refractivity contribution in [2.24, 2.45) is 0 Å². The number of halogens is 1. The van der Waals surface area contributed by atoms with E-state index in [1.807, 2.05) is 0 Å². The number of benzene rings is 1. The third-order valence-corrected chi connectivity index (χ3v) is 2.36. The maximum atomic E-state index is 11.9. The molecule has 0 fully saturated rings. The van der Waals surface area contributed by atoms with Crippen molar-refractivity contribution in [1.82, 2.24) is 4.98 Å². The molecular weight excluding hydrogens is 226 g/mol. The van der Waals surface area contributed by atoms with Crippen molar-refractivity contribution in [3.63, 3.8) is 0 Å². The maximum Gasteiger partial charge on any atom is 0.215 e. The predicted molar refractivity (Wildman–Crippen MR) is 60.8 cm³/mol. The van der Waals surface area contributed by atoms with Crippen molar-refractivity contribution in [3.05, 3.63) is 58.9 Å². The number of carbonyl (C=O) groups excluding carboxylic acids is 1. The summed E-state index contributed by atoms with van der Waals surface area (Å²) in [6.07, 6.45) is 1.46. The summed E-state index contributed by atoms with van der Waals surface area (Å²) in [6, 6.07) is 9.42. The highest BCUT2D eigenvalue weighted by Crippen LogP contribution is 2.18. The van der Waals surface area contributed by atoms with Crippen LogP contribution in [0.5, 0.6) is 5.75 Å². The van der Waals surface area contributed by atoms with Crippen LogP contribution in [0, 0.1) is 0 Å². The van der Waals surface area contributed by atoms with Gasteiger partial charge in [-0.3, -0.25) is 4.79 Å². The molecule has 0 aliphatic heterocycles. The lowest BCUT2D eigenvalue weighted by Gasteiger charge is -2.02. The number of hydrogen-bond donors (Lipinski definition) is 1. The van der Waals surface area contributed by atoms with Gasteiger partial charge in [0.15, 0.2) is 5.69 Å². The quantitative estimate of drug-likeness (QED) is 0.812. The number of aromatic hydroxyl groups is 1. The molecule has 0 bridgehead atoms. The molecule has 1 aromatic heterocycles. The van der Waals surface area contributed by atoms with E-state index in [9.17, 15) is 9.90 Å². The summed E-state index contributed by atoms with van der Waals surface area (Å²) in [7, 11) is 0. The van der Waals surface area contributed by atoms with E-state index in [1.54, 1.807) is 30.3 Å². The normalized spacial score (nSPS) is 10.1. The Hall–Kier alpha value is -1.87. The van der Waals surface area contributed by atoms with Crippen LogP contribution in [0.3, 0.4) is 0 Å². The molecule has 0 aliphatic rings. The number of carbonyl (C=O) groups is 1. The zero-order valence-electron chi connectivity index (χ0n) is 8.22. The Balaban J connectivity index is 2.40. The molecule has 1 N–H and O–H groups in total. The fraction of sp³-hybridized carbons (Fsp3) is 0. The van der Waals surface area contributed by atoms with Gasteiger partial charge in [0, 0.05) is 16.8 Å². The molecule has 1 aromatic carbocycles. The highest BCUT2D eigenvalue weighted by molar-refractivity contribution is 6.30. The van der Waals surface area contributed by atoms with Crippen molar-refractivity contribution in [3.8, 4) is 5.75 Å². The molecule has 0 aliphatic carbocycles. The third kappa shape index (κ3) is 2.04. The monoisotopic (exact) mass is 233 g/mol. The Morgan fingerprint density at radius 3 is 2.50 bits per heavy atom. The summed E-state index contributed by atoms with van der Waals surface area (Å²) >= 11 is 5.72. The highest BCUT2D eigenvalue weighted by atomic mass is 35.5. The number of rotatable bonds is 2. The minimum atomic E-state index is -0.324. The van der Waals surface area contributed by atoms with Crippen LogP contribution < -0.4 is 0 Å². The van der Waals surface area contributed by atoms with Crippen LogP contribution in [-0.2, 0) is 0 Å². The summed E-state index contributed by atoms with van der Waals surface area (Å²) in [6.45, 7) is 0. The first-order valence-corrected chi connectivity index (χ1v) is 5.00. The Kier molecular flexibility index (Phi) is 2.88. The van der Waals surface area contributed by atoms with E-state index in [2.05, 4.69) is 4.98 Å². The molecule has 0 radical (unpaired) electrons. The first-order chi connectivity index (χ1) is 7.68. The lowest BCUT2D eigenvalue weighted by atomic mass is 10.1. The fourth-order valence-corrected chi connectivity index (χ4v) is 1.44. The summed E-state index contributed by atoms with van der Waals surface area (Å²) in [5.74, 6) is -0.447. The smallest absolute Gasteiger partial charge is 0.215 e. The molecule has 2 rings (SSSR count). The van der Waals surface area contributed by atoms with Gasteiger partial charge in [-0.05, 0) is 36.4 Å². The molecule has 0 unspecified atom stereocenters.